The van der Waals surface area contributed by atoms with Crippen molar-refractivity contribution in [1.29, 1.82) is 0 Å². The van der Waals surface area contributed by atoms with Crippen LogP contribution in [0.15, 0.2) is 90.2 Å². The van der Waals surface area contributed by atoms with Gasteiger partial charge < -0.3 is 5.11 Å². The van der Waals surface area contributed by atoms with E-state index in [1.807, 2.05) is 42.5 Å². The quantitative estimate of drug-likeness (QED) is 0.426. The summed E-state index contributed by atoms with van der Waals surface area (Å²) in [5, 5.41) is 15.3. The minimum Gasteiger partial charge on any atom is -0.506 e. The number of nitrogens with zero attached hydrogens (tertiary/aromatic N) is 3. The number of pyridine rings is 2. The number of benzene rings is 2. The van der Waals surface area contributed by atoms with E-state index in [9.17, 15) is 9.90 Å². The van der Waals surface area contributed by atoms with Crippen molar-refractivity contribution in [2.24, 2.45) is 5.10 Å². The molecule has 0 aliphatic heterocycles. The fourth-order valence-corrected chi connectivity index (χ4v) is 2.79. The number of fused-ring (bicyclic) bond motifs is 1. The Labute approximate surface area is 161 Å². The summed E-state index contributed by atoms with van der Waals surface area (Å²) in [6.07, 6.45) is 1.55. The lowest BCUT2D eigenvalue weighted by Crippen LogP contribution is -2.22. The normalized spacial score (nSPS) is 11.4. The van der Waals surface area contributed by atoms with Crippen LogP contribution in [0.1, 0.15) is 21.7 Å². The van der Waals surface area contributed by atoms with Crippen molar-refractivity contribution in [1.82, 2.24) is 15.4 Å². The second kappa shape index (κ2) is 7.67. The molecule has 28 heavy (non-hydrogen) atoms. The van der Waals surface area contributed by atoms with E-state index in [0.717, 1.165) is 10.9 Å². The molecule has 0 spiro atoms. The number of hydrogen-bond donors (Lipinski definition) is 2. The average molecular weight is 368 g/mol. The molecule has 0 saturated heterocycles. The van der Waals surface area contributed by atoms with E-state index in [4.69, 9.17) is 0 Å². The van der Waals surface area contributed by atoms with Crippen LogP contribution >= 0.6 is 0 Å². The van der Waals surface area contributed by atoms with Gasteiger partial charge in [0, 0.05) is 17.1 Å². The van der Waals surface area contributed by atoms with Gasteiger partial charge in [-0.3, -0.25) is 9.78 Å². The van der Waals surface area contributed by atoms with Gasteiger partial charge in [-0.1, -0.05) is 54.6 Å². The largest absolute Gasteiger partial charge is 0.506 e. The number of phenols is 1. The van der Waals surface area contributed by atoms with Crippen molar-refractivity contribution in [3.8, 4) is 5.75 Å². The van der Waals surface area contributed by atoms with Gasteiger partial charge in [0.25, 0.3) is 5.91 Å². The Morgan fingerprint density at radius 3 is 2.46 bits per heavy atom. The molecular formula is C22H16N4O2. The van der Waals surface area contributed by atoms with Gasteiger partial charge in [-0.25, -0.2) is 10.4 Å². The number of carbonyl (C=O) groups is 1. The summed E-state index contributed by atoms with van der Waals surface area (Å²) in [6.45, 7) is 0. The Hall–Kier alpha value is -4.06. The van der Waals surface area contributed by atoms with Crippen molar-refractivity contribution >= 4 is 22.5 Å². The molecule has 0 aliphatic rings. The first-order chi connectivity index (χ1) is 13.7. The predicted octanol–water partition coefficient (Wildman–Crippen LogP) is 3.52. The summed E-state index contributed by atoms with van der Waals surface area (Å²) in [5.41, 5.74) is 5.08. The predicted molar refractivity (Wildman–Crippen MR) is 107 cm³/mol. The van der Waals surface area contributed by atoms with Crippen LogP contribution in [-0.2, 0) is 0 Å². The number of amides is 1. The molecular weight excluding hydrogens is 352 g/mol. The van der Waals surface area contributed by atoms with Gasteiger partial charge >= 0.3 is 0 Å². The lowest BCUT2D eigenvalue weighted by Gasteiger charge is -2.09. The van der Waals surface area contributed by atoms with Crippen LogP contribution in [0, 0.1) is 0 Å². The molecule has 0 unspecified atom stereocenters. The minimum atomic E-state index is -0.419. The van der Waals surface area contributed by atoms with Crippen LogP contribution in [0.2, 0.25) is 0 Å². The molecule has 0 saturated carbocycles. The maximum atomic E-state index is 12.3. The van der Waals surface area contributed by atoms with Crippen molar-refractivity contribution in [3.63, 3.8) is 0 Å². The van der Waals surface area contributed by atoms with E-state index in [1.54, 1.807) is 42.6 Å². The maximum absolute atomic E-state index is 12.3. The number of hydrogen-bond acceptors (Lipinski definition) is 5. The number of phenolic OH excluding ortho intramolecular Hbond substituents is 1. The first kappa shape index (κ1) is 17.4. The van der Waals surface area contributed by atoms with Crippen LogP contribution in [-0.4, -0.2) is 26.7 Å². The molecule has 0 atom stereocenters. The van der Waals surface area contributed by atoms with Gasteiger partial charge in [-0.15, -0.1) is 0 Å². The Morgan fingerprint density at radius 2 is 1.68 bits per heavy atom. The Bertz CT molecular complexity index is 1160. The van der Waals surface area contributed by atoms with Crippen LogP contribution in [0.25, 0.3) is 10.9 Å². The lowest BCUT2D eigenvalue weighted by molar-refractivity contribution is 0.0950. The SMILES string of the molecule is O=C(NN=C(c1ccccc1)c1ccc2cccc(O)c2n1)c1ccccn1. The summed E-state index contributed by atoms with van der Waals surface area (Å²) in [6, 6.07) is 23.4. The number of rotatable bonds is 4. The van der Waals surface area contributed by atoms with Crippen LogP contribution in [0.3, 0.4) is 0 Å². The summed E-state index contributed by atoms with van der Waals surface area (Å²) >= 11 is 0. The smallest absolute Gasteiger partial charge is 0.289 e. The lowest BCUT2D eigenvalue weighted by atomic mass is 10.1. The molecule has 2 heterocycles. The van der Waals surface area contributed by atoms with Gasteiger partial charge in [0.1, 0.15) is 22.7 Å². The van der Waals surface area contributed by atoms with Crippen LogP contribution < -0.4 is 5.43 Å². The highest BCUT2D eigenvalue weighted by Gasteiger charge is 2.13. The average Bonchev–Trinajstić information content (AvgIpc) is 2.75. The molecule has 6 nitrogen and oxygen atoms in total. The number of aromatic nitrogens is 2. The summed E-state index contributed by atoms with van der Waals surface area (Å²) < 4.78 is 0. The van der Waals surface area contributed by atoms with E-state index >= 15 is 0 Å². The fraction of sp³-hybridized carbons (Fsp3) is 0. The van der Waals surface area contributed by atoms with Crippen molar-refractivity contribution < 1.29 is 9.90 Å². The van der Waals surface area contributed by atoms with Crippen LogP contribution in [0.4, 0.5) is 0 Å². The van der Waals surface area contributed by atoms with E-state index in [1.165, 1.54) is 0 Å². The minimum absolute atomic E-state index is 0.0873. The number of hydrazone groups is 1. The molecule has 0 bridgehead atoms. The molecule has 1 amide bonds. The third-order valence-electron chi connectivity index (χ3n) is 4.16. The van der Waals surface area contributed by atoms with Gasteiger partial charge in [-0.2, -0.15) is 5.10 Å². The molecule has 6 heteroatoms. The molecule has 4 aromatic rings. The van der Waals surface area contributed by atoms with Gasteiger partial charge in [0.2, 0.25) is 0 Å². The summed E-state index contributed by atoms with van der Waals surface area (Å²) in [5.74, 6) is -0.332. The number of aromatic hydroxyl groups is 1. The zero-order valence-corrected chi connectivity index (χ0v) is 14.8. The molecule has 136 valence electrons. The molecule has 2 aromatic heterocycles. The topological polar surface area (TPSA) is 87.5 Å². The van der Waals surface area contributed by atoms with E-state index in [-0.39, 0.29) is 11.4 Å². The molecule has 2 N–H and O–H groups in total. The summed E-state index contributed by atoms with van der Waals surface area (Å²) in [7, 11) is 0. The van der Waals surface area contributed by atoms with E-state index in [0.29, 0.717) is 16.9 Å². The van der Waals surface area contributed by atoms with Gasteiger partial charge in [0.15, 0.2) is 0 Å². The summed E-state index contributed by atoms with van der Waals surface area (Å²) in [4.78, 5) is 20.9. The highest BCUT2D eigenvalue weighted by Crippen LogP contribution is 2.23. The Morgan fingerprint density at radius 1 is 0.857 bits per heavy atom. The van der Waals surface area contributed by atoms with Crippen molar-refractivity contribution in [2.75, 3.05) is 0 Å². The first-order valence-corrected chi connectivity index (χ1v) is 8.66. The van der Waals surface area contributed by atoms with Crippen LogP contribution in [0.5, 0.6) is 5.75 Å². The fourth-order valence-electron chi connectivity index (χ4n) is 2.79. The van der Waals surface area contributed by atoms with Crippen molar-refractivity contribution in [3.05, 3.63) is 102 Å². The first-order valence-electron chi connectivity index (χ1n) is 8.66. The third kappa shape index (κ3) is 3.57. The van der Waals surface area contributed by atoms with Crippen molar-refractivity contribution in [2.45, 2.75) is 0 Å². The molecule has 0 aliphatic carbocycles. The monoisotopic (exact) mass is 368 g/mol. The zero-order valence-electron chi connectivity index (χ0n) is 14.8. The van der Waals surface area contributed by atoms with Gasteiger partial charge in [-0.05, 0) is 24.3 Å². The molecule has 2 aromatic carbocycles. The highest BCUT2D eigenvalue weighted by molar-refractivity contribution is 6.13. The molecule has 4 rings (SSSR count). The number of nitrogens with one attached hydrogen (secondary N) is 1. The maximum Gasteiger partial charge on any atom is 0.289 e. The van der Waals surface area contributed by atoms with E-state index < -0.39 is 5.91 Å². The van der Waals surface area contributed by atoms with Gasteiger partial charge in [0.05, 0.1) is 5.69 Å². The second-order valence-corrected chi connectivity index (χ2v) is 6.03. The Kier molecular flexibility index (Phi) is 4.76. The Balaban J connectivity index is 1.76. The second-order valence-electron chi connectivity index (χ2n) is 6.03. The standard InChI is InChI=1S/C22H16N4O2/c27-19-11-6-9-16-12-13-17(24-21(16)19)20(15-7-2-1-3-8-15)25-26-22(28)18-10-4-5-14-23-18/h1-14,27H,(H,26,28). The molecule has 0 radical (unpaired) electrons. The zero-order chi connectivity index (χ0) is 19.3. The number of para-hydroxylation sites is 1. The highest BCUT2D eigenvalue weighted by atomic mass is 16.3. The van der Waals surface area contributed by atoms with E-state index in [2.05, 4.69) is 20.5 Å². The number of carbonyl (C=O) groups excluding carboxylic acids is 1. The third-order valence-corrected chi connectivity index (χ3v) is 4.16. The molecule has 0 fully saturated rings.